The molecule has 0 radical (unpaired) electrons. The van der Waals surface area contributed by atoms with Gasteiger partial charge in [0.2, 0.25) is 0 Å². The van der Waals surface area contributed by atoms with Gasteiger partial charge in [0.15, 0.2) is 0 Å². The molecule has 0 aliphatic rings. The fourth-order valence-corrected chi connectivity index (χ4v) is 2.64. The van der Waals surface area contributed by atoms with Crippen LogP contribution >= 0.6 is 11.6 Å². The van der Waals surface area contributed by atoms with Crippen LogP contribution in [0, 0.1) is 0 Å². The van der Waals surface area contributed by atoms with Crippen molar-refractivity contribution in [1.29, 1.82) is 0 Å². The van der Waals surface area contributed by atoms with E-state index in [2.05, 4.69) is 17.3 Å². The first-order chi connectivity index (χ1) is 10.3. The minimum atomic E-state index is 0.107. The highest BCUT2D eigenvalue weighted by Crippen LogP contribution is 2.28. The van der Waals surface area contributed by atoms with E-state index in [1.165, 1.54) is 0 Å². The number of rotatable bonds is 4. The zero-order valence-electron chi connectivity index (χ0n) is 11.7. The monoisotopic (exact) mass is 297 g/mol. The van der Waals surface area contributed by atoms with E-state index >= 15 is 0 Å². The van der Waals surface area contributed by atoms with Crippen LogP contribution in [0.3, 0.4) is 0 Å². The average molecular weight is 298 g/mol. The highest BCUT2D eigenvalue weighted by molar-refractivity contribution is 6.31. The summed E-state index contributed by atoms with van der Waals surface area (Å²) in [7, 11) is 0. The number of nitrogens with one attached hydrogen (secondary N) is 1. The lowest BCUT2D eigenvalue weighted by Crippen LogP contribution is -2.10. The molecule has 3 nitrogen and oxygen atoms in total. The predicted octanol–water partition coefficient (Wildman–Crippen LogP) is 4.70. The van der Waals surface area contributed by atoms with Crippen molar-refractivity contribution in [1.82, 2.24) is 9.78 Å². The van der Waals surface area contributed by atoms with Crippen molar-refractivity contribution in [3.63, 3.8) is 0 Å². The van der Waals surface area contributed by atoms with Crippen molar-refractivity contribution in [2.24, 2.45) is 0 Å². The van der Waals surface area contributed by atoms with E-state index in [9.17, 15) is 0 Å². The molecular weight excluding hydrogens is 282 g/mol. The van der Waals surface area contributed by atoms with Gasteiger partial charge in [-0.2, -0.15) is 5.10 Å². The second-order valence-corrected chi connectivity index (χ2v) is 5.26. The van der Waals surface area contributed by atoms with E-state index in [0.29, 0.717) is 0 Å². The largest absolute Gasteiger partial charge is 0.377 e. The summed E-state index contributed by atoms with van der Waals surface area (Å²) in [5.41, 5.74) is 3.12. The van der Waals surface area contributed by atoms with Crippen LogP contribution in [-0.4, -0.2) is 9.78 Å². The Morgan fingerprint density at radius 3 is 2.57 bits per heavy atom. The molecule has 3 aromatic rings. The molecule has 1 aromatic heterocycles. The van der Waals surface area contributed by atoms with E-state index in [4.69, 9.17) is 11.6 Å². The van der Waals surface area contributed by atoms with Gasteiger partial charge in [-0.05, 0) is 36.8 Å². The van der Waals surface area contributed by atoms with Crippen molar-refractivity contribution in [2.45, 2.75) is 13.0 Å². The van der Waals surface area contributed by atoms with Gasteiger partial charge in [-0.25, -0.2) is 4.68 Å². The second-order valence-electron chi connectivity index (χ2n) is 4.86. The summed E-state index contributed by atoms with van der Waals surface area (Å²) in [6.45, 7) is 2.10. The number of anilines is 1. The lowest BCUT2D eigenvalue weighted by Gasteiger charge is -2.19. The van der Waals surface area contributed by atoms with Crippen LogP contribution in [0.4, 0.5) is 5.69 Å². The van der Waals surface area contributed by atoms with Crippen LogP contribution in [0.25, 0.3) is 5.69 Å². The number of benzene rings is 2. The molecule has 0 aliphatic carbocycles. The number of para-hydroxylation sites is 2. The van der Waals surface area contributed by atoms with Crippen LogP contribution in [0.5, 0.6) is 0 Å². The van der Waals surface area contributed by atoms with Crippen molar-refractivity contribution in [2.75, 3.05) is 5.32 Å². The fourth-order valence-electron chi connectivity index (χ4n) is 2.34. The Morgan fingerprint density at radius 2 is 1.81 bits per heavy atom. The second kappa shape index (κ2) is 6.02. The van der Waals surface area contributed by atoms with Crippen LogP contribution < -0.4 is 5.32 Å². The SMILES string of the molecule is CC(Nc1ccccc1-n1cccn1)c1ccccc1Cl. The molecule has 0 bridgehead atoms. The topological polar surface area (TPSA) is 29.9 Å². The van der Waals surface area contributed by atoms with E-state index < -0.39 is 0 Å². The number of aromatic nitrogens is 2. The summed E-state index contributed by atoms with van der Waals surface area (Å²) in [6.07, 6.45) is 3.70. The smallest absolute Gasteiger partial charge is 0.0876 e. The van der Waals surface area contributed by atoms with Gasteiger partial charge >= 0.3 is 0 Å². The maximum Gasteiger partial charge on any atom is 0.0876 e. The molecule has 106 valence electrons. The van der Waals surface area contributed by atoms with Crippen molar-refractivity contribution < 1.29 is 0 Å². The molecule has 4 heteroatoms. The van der Waals surface area contributed by atoms with E-state index in [1.54, 1.807) is 6.20 Å². The normalized spacial score (nSPS) is 12.1. The molecule has 1 atom stereocenters. The molecule has 21 heavy (non-hydrogen) atoms. The number of nitrogens with zero attached hydrogens (tertiary/aromatic N) is 2. The third-order valence-electron chi connectivity index (χ3n) is 3.40. The fraction of sp³-hybridized carbons (Fsp3) is 0.118. The number of halogens is 1. The van der Waals surface area contributed by atoms with Crippen LogP contribution in [0.1, 0.15) is 18.5 Å². The maximum atomic E-state index is 6.27. The van der Waals surface area contributed by atoms with Crippen LogP contribution in [-0.2, 0) is 0 Å². The predicted molar refractivity (Wildman–Crippen MR) is 87.1 cm³/mol. The minimum absolute atomic E-state index is 0.107. The molecule has 0 saturated heterocycles. The Morgan fingerprint density at radius 1 is 1.05 bits per heavy atom. The third kappa shape index (κ3) is 2.93. The van der Waals surface area contributed by atoms with E-state index in [1.807, 2.05) is 65.5 Å². The Hall–Kier alpha value is -2.26. The Bertz CT molecular complexity index is 722. The highest BCUT2D eigenvalue weighted by atomic mass is 35.5. The summed E-state index contributed by atoms with van der Waals surface area (Å²) < 4.78 is 1.85. The lowest BCUT2D eigenvalue weighted by atomic mass is 10.1. The molecule has 1 heterocycles. The van der Waals surface area contributed by atoms with E-state index in [0.717, 1.165) is 22.0 Å². The number of hydrogen-bond acceptors (Lipinski definition) is 2. The molecular formula is C17H16ClN3. The standard InChI is InChI=1S/C17H16ClN3/c1-13(14-7-2-3-8-15(14)18)20-16-9-4-5-10-17(16)21-12-6-11-19-21/h2-13,20H,1H3. The molecule has 3 rings (SSSR count). The van der Waals surface area contributed by atoms with Gasteiger partial charge < -0.3 is 5.32 Å². The summed E-state index contributed by atoms with van der Waals surface area (Å²) >= 11 is 6.27. The molecule has 0 saturated carbocycles. The van der Waals surface area contributed by atoms with Crippen LogP contribution in [0.15, 0.2) is 67.0 Å². The Balaban J connectivity index is 1.91. The quantitative estimate of drug-likeness (QED) is 0.756. The Kier molecular flexibility index (Phi) is 3.93. The lowest BCUT2D eigenvalue weighted by molar-refractivity contribution is 0.853. The van der Waals surface area contributed by atoms with Crippen molar-refractivity contribution >= 4 is 17.3 Å². The molecule has 2 aromatic carbocycles. The van der Waals surface area contributed by atoms with Crippen molar-refractivity contribution in [3.05, 3.63) is 77.6 Å². The van der Waals surface area contributed by atoms with Crippen LogP contribution in [0.2, 0.25) is 5.02 Å². The summed E-state index contributed by atoms with van der Waals surface area (Å²) in [5.74, 6) is 0. The maximum absolute atomic E-state index is 6.27. The van der Waals surface area contributed by atoms with Gasteiger partial charge in [0.1, 0.15) is 0 Å². The third-order valence-corrected chi connectivity index (χ3v) is 3.74. The molecule has 0 aliphatic heterocycles. The highest BCUT2D eigenvalue weighted by Gasteiger charge is 2.11. The summed E-state index contributed by atoms with van der Waals surface area (Å²) in [5, 5.41) is 8.58. The van der Waals surface area contributed by atoms with Gasteiger partial charge in [0.25, 0.3) is 0 Å². The molecule has 0 fully saturated rings. The molecule has 0 spiro atoms. The van der Waals surface area contributed by atoms with Gasteiger partial charge in [0, 0.05) is 17.4 Å². The molecule has 0 amide bonds. The van der Waals surface area contributed by atoms with Gasteiger partial charge in [-0.1, -0.05) is 41.9 Å². The molecule has 1 unspecified atom stereocenters. The zero-order chi connectivity index (χ0) is 14.7. The molecule has 1 N–H and O–H groups in total. The van der Waals surface area contributed by atoms with Crippen molar-refractivity contribution in [3.8, 4) is 5.69 Å². The summed E-state index contributed by atoms with van der Waals surface area (Å²) in [4.78, 5) is 0. The number of hydrogen-bond donors (Lipinski definition) is 1. The van der Waals surface area contributed by atoms with Gasteiger partial charge in [-0.15, -0.1) is 0 Å². The minimum Gasteiger partial charge on any atom is -0.377 e. The first-order valence-electron chi connectivity index (χ1n) is 6.86. The van der Waals surface area contributed by atoms with Gasteiger partial charge in [0.05, 0.1) is 17.4 Å². The Labute approximate surface area is 129 Å². The summed E-state index contributed by atoms with van der Waals surface area (Å²) in [6, 6.07) is 18.0. The van der Waals surface area contributed by atoms with Gasteiger partial charge in [-0.3, -0.25) is 0 Å². The average Bonchev–Trinajstić information content (AvgIpc) is 3.02. The first-order valence-corrected chi connectivity index (χ1v) is 7.23. The zero-order valence-corrected chi connectivity index (χ0v) is 12.5. The van der Waals surface area contributed by atoms with E-state index in [-0.39, 0.29) is 6.04 Å². The first kappa shape index (κ1) is 13.7.